The van der Waals surface area contributed by atoms with Gasteiger partial charge in [-0.05, 0) is 154 Å². The normalized spacial score (nSPS) is 13.3. The minimum Gasteiger partial charge on any atom is -0.462 e. The lowest BCUT2D eigenvalue weighted by atomic mass is 10.0. The van der Waals surface area contributed by atoms with Crippen molar-refractivity contribution >= 4 is 17.9 Å². The fraction of sp³-hybridized carbons (Fsp3) is 0.571. The van der Waals surface area contributed by atoms with Crippen molar-refractivity contribution in [3.05, 3.63) is 182 Å². The van der Waals surface area contributed by atoms with Crippen LogP contribution in [-0.4, -0.2) is 37.2 Å². The molecule has 0 aromatic heterocycles. The SMILES string of the molecule is CC/C=C\C/C=C\C/C=C\C/C=C\C/C=C\C/C=C\C/C=C\CCCCCC(=O)OCC(COC(=O)CCCCCC/C=C\C/C=C\C/C=C\C/C=C\CC)OC(=O)CCCCCCCCCCCC/C=C\C/C=C\C/C=C\C/C=C\CC. The number of allylic oxidation sites excluding steroid dienone is 30. The lowest BCUT2D eigenvalue weighted by Crippen LogP contribution is -2.30. The zero-order chi connectivity index (χ0) is 59.9. The Balaban J connectivity index is 4.52. The molecule has 0 fully saturated rings. The first-order chi connectivity index (χ1) is 41.0. The second-order valence-corrected chi connectivity index (χ2v) is 21.2. The van der Waals surface area contributed by atoms with E-state index in [9.17, 15) is 14.4 Å². The number of esters is 3. The zero-order valence-electron chi connectivity index (χ0n) is 53.1. The van der Waals surface area contributed by atoms with Gasteiger partial charge >= 0.3 is 17.9 Å². The van der Waals surface area contributed by atoms with E-state index in [4.69, 9.17) is 14.2 Å². The molecule has 0 spiro atoms. The van der Waals surface area contributed by atoms with Gasteiger partial charge in [-0.3, -0.25) is 14.4 Å². The number of rotatable bonds is 58. The number of ether oxygens (including phenoxy) is 3. The van der Waals surface area contributed by atoms with Gasteiger partial charge in [-0.2, -0.15) is 0 Å². The fourth-order valence-corrected chi connectivity index (χ4v) is 8.52. The molecule has 0 heterocycles. The minimum absolute atomic E-state index is 0.112. The van der Waals surface area contributed by atoms with Gasteiger partial charge in [0.2, 0.25) is 0 Å². The van der Waals surface area contributed by atoms with Gasteiger partial charge in [0.05, 0.1) is 0 Å². The molecular formula is C77H120O6. The van der Waals surface area contributed by atoms with E-state index >= 15 is 0 Å². The average Bonchev–Trinajstić information content (AvgIpc) is 3.49. The van der Waals surface area contributed by atoms with Gasteiger partial charge in [-0.25, -0.2) is 0 Å². The van der Waals surface area contributed by atoms with Crippen LogP contribution in [0.15, 0.2) is 182 Å². The first kappa shape index (κ1) is 77.5. The van der Waals surface area contributed by atoms with Crippen molar-refractivity contribution in [2.24, 2.45) is 0 Å². The molecule has 0 N–H and O–H groups in total. The third-order valence-electron chi connectivity index (χ3n) is 13.4. The van der Waals surface area contributed by atoms with Crippen molar-refractivity contribution in [3.63, 3.8) is 0 Å². The standard InChI is InChI=1S/C77H120O6/c1-4-7-10-13-16-19-22-25-28-31-33-35-37-38-40-41-43-46-49-52-55-58-61-64-67-70-76(79)82-73-74(72-81-75(78)69-66-63-60-57-54-51-48-45-30-27-24-21-18-15-12-9-6-3)83-77(80)71-68-65-62-59-56-53-50-47-44-42-39-36-34-32-29-26-23-20-17-14-11-8-5-2/h7-12,16-21,25-30,33-36,38,40,43,46,48,51-52,55,74H,4-6,13-15,22-24,31-32,37,39,41-42,44-45,47,49-50,53-54,56-73H2,1-3H3/b10-7-,11-8-,12-9-,19-16-,20-17-,21-18-,28-25-,29-26-,30-27-,35-33-,36-34-,40-38-,46-43-,51-48-,55-52-. The predicted molar refractivity (Wildman–Crippen MR) is 361 cm³/mol. The van der Waals surface area contributed by atoms with Gasteiger partial charge in [0.25, 0.3) is 0 Å². The zero-order valence-corrected chi connectivity index (χ0v) is 53.1. The molecule has 0 amide bonds. The molecule has 1 unspecified atom stereocenters. The number of unbranched alkanes of at least 4 members (excludes halogenated alkanes) is 17. The molecule has 0 aromatic carbocycles. The highest BCUT2D eigenvalue weighted by molar-refractivity contribution is 5.71. The molecule has 0 aliphatic rings. The summed E-state index contributed by atoms with van der Waals surface area (Å²) in [5.74, 6) is -0.975. The second kappa shape index (κ2) is 69.0. The summed E-state index contributed by atoms with van der Waals surface area (Å²) in [7, 11) is 0. The largest absolute Gasteiger partial charge is 0.462 e. The minimum atomic E-state index is -0.818. The van der Waals surface area contributed by atoms with E-state index in [1.165, 1.54) is 51.4 Å². The summed E-state index contributed by atoms with van der Waals surface area (Å²) in [6.45, 7) is 6.25. The Morgan fingerprint density at radius 3 is 0.687 bits per heavy atom. The number of carbonyl (C=O) groups is 3. The summed E-state index contributed by atoms with van der Waals surface area (Å²) in [4.78, 5) is 38.4. The fourth-order valence-electron chi connectivity index (χ4n) is 8.52. The second-order valence-electron chi connectivity index (χ2n) is 21.2. The van der Waals surface area contributed by atoms with Crippen molar-refractivity contribution in [2.45, 2.75) is 271 Å². The van der Waals surface area contributed by atoms with Crippen molar-refractivity contribution in [1.82, 2.24) is 0 Å². The molecule has 1 atom stereocenters. The Hall–Kier alpha value is -5.49. The molecule has 6 nitrogen and oxygen atoms in total. The summed E-state index contributed by atoms with van der Waals surface area (Å²) in [6, 6.07) is 0. The van der Waals surface area contributed by atoms with E-state index in [1.807, 2.05) is 0 Å². The first-order valence-electron chi connectivity index (χ1n) is 33.3. The highest BCUT2D eigenvalue weighted by Gasteiger charge is 2.19. The topological polar surface area (TPSA) is 78.9 Å². The van der Waals surface area contributed by atoms with Crippen LogP contribution in [0.2, 0.25) is 0 Å². The van der Waals surface area contributed by atoms with Crippen LogP contribution < -0.4 is 0 Å². The third kappa shape index (κ3) is 67.2. The van der Waals surface area contributed by atoms with Gasteiger partial charge in [-0.15, -0.1) is 0 Å². The molecule has 6 heteroatoms. The quantitative estimate of drug-likeness (QED) is 0.0261. The van der Waals surface area contributed by atoms with E-state index in [0.29, 0.717) is 19.3 Å². The lowest BCUT2D eigenvalue weighted by molar-refractivity contribution is -0.167. The van der Waals surface area contributed by atoms with Crippen molar-refractivity contribution < 1.29 is 28.6 Å². The van der Waals surface area contributed by atoms with E-state index in [1.54, 1.807) is 0 Å². The van der Waals surface area contributed by atoms with Crippen LogP contribution in [0.1, 0.15) is 265 Å². The average molecular weight is 1140 g/mol. The van der Waals surface area contributed by atoms with Crippen LogP contribution in [0, 0.1) is 0 Å². The molecule has 0 rings (SSSR count). The Morgan fingerprint density at radius 2 is 0.434 bits per heavy atom. The van der Waals surface area contributed by atoms with Crippen LogP contribution in [-0.2, 0) is 28.6 Å². The van der Waals surface area contributed by atoms with E-state index in [2.05, 4.69) is 203 Å². The highest BCUT2D eigenvalue weighted by atomic mass is 16.6. The van der Waals surface area contributed by atoms with Gasteiger partial charge < -0.3 is 14.2 Å². The Bertz CT molecular complexity index is 1940. The number of carbonyl (C=O) groups excluding carboxylic acids is 3. The lowest BCUT2D eigenvalue weighted by Gasteiger charge is -2.18. The first-order valence-corrected chi connectivity index (χ1v) is 33.3. The molecule has 0 aromatic rings. The van der Waals surface area contributed by atoms with Gasteiger partial charge in [0, 0.05) is 19.3 Å². The third-order valence-corrected chi connectivity index (χ3v) is 13.4. The Kier molecular flexibility index (Phi) is 64.4. The number of hydrogen-bond acceptors (Lipinski definition) is 6. The maximum atomic E-state index is 13.0. The van der Waals surface area contributed by atoms with Crippen molar-refractivity contribution in [1.29, 1.82) is 0 Å². The molecular weight excluding hydrogens is 1020 g/mol. The smallest absolute Gasteiger partial charge is 0.306 e. The summed E-state index contributed by atoms with van der Waals surface area (Å²) < 4.78 is 16.9. The van der Waals surface area contributed by atoms with Gasteiger partial charge in [-0.1, -0.05) is 274 Å². The van der Waals surface area contributed by atoms with E-state index in [0.717, 1.165) is 173 Å². The van der Waals surface area contributed by atoms with Gasteiger partial charge in [0.15, 0.2) is 6.10 Å². The molecule has 464 valence electrons. The monoisotopic (exact) mass is 1140 g/mol. The summed E-state index contributed by atoms with van der Waals surface area (Å²) in [5, 5.41) is 0. The van der Waals surface area contributed by atoms with E-state index in [-0.39, 0.29) is 31.1 Å². The van der Waals surface area contributed by atoms with Crippen LogP contribution in [0.3, 0.4) is 0 Å². The summed E-state index contributed by atoms with van der Waals surface area (Å²) in [6.07, 6.45) is 103. The van der Waals surface area contributed by atoms with Crippen molar-refractivity contribution in [2.75, 3.05) is 13.2 Å². The molecule has 0 radical (unpaired) electrons. The Labute approximate surface area is 510 Å². The maximum Gasteiger partial charge on any atom is 0.306 e. The Morgan fingerprint density at radius 1 is 0.241 bits per heavy atom. The van der Waals surface area contributed by atoms with E-state index < -0.39 is 6.10 Å². The van der Waals surface area contributed by atoms with Crippen molar-refractivity contribution in [3.8, 4) is 0 Å². The van der Waals surface area contributed by atoms with Gasteiger partial charge in [0.1, 0.15) is 13.2 Å². The molecule has 83 heavy (non-hydrogen) atoms. The number of hydrogen-bond donors (Lipinski definition) is 0. The molecule has 0 aliphatic heterocycles. The molecule has 0 saturated heterocycles. The summed E-state index contributed by atoms with van der Waals surface area (Å²) in [5.41, 5.74) is 0. The van der Waals surface area contributed by atoms with Crippen LogP contribution in [0.5, 0.6) is 0 Å². The predicted octanol–water partition coefficient (Wildman–Crippen LogP) is 23.2. The maximum absolute atomic E-state index is 13.0. The molecule has 0 saturated carbocycles. The molecule has 0 aliphatic carbocycles. The molecule has 0 bridgehead atoms. The van der Waals surface area contributed by atoms with Crippen LogP contribution in [0.25, 0.3) is 0 Å². The summed E-state index contributed by atoms with van der Waals surface area (Å²) >= 11 is 0. The van der Waals surface area contributed by atoms with Crippen LogP contribution in [0.4, 0.5) is 0 Å². The van der Waals surface area contributed by atoms with Crippen LogP contribution >= 0.6 is 0 Å². The highest BCUT2D eigenvalue weighted by Crippen LogP contribution is 2.15.